The maximum atomic E-state index is 8.87. The lowest BCUT2D eigenvalue weighted by Gasteiger charge is -2.14. The van der Waals surface area contributed by atoms with Gasteiger partial charge in [0.15, 0.2) is 0 Å². The van der Waals surface area contributed by atoms with E-state index in [-0.39, 0.29) is 5.41 Å². The molecule has 0 radical (unpaired) electrons. The summed E-state index contributed by atoms with van der Waals surface area (Å²) in [6, 6.07) is 9.87. The number of nitrogens with one attached hydrogen (secondary N) is 1. The quantitative estimate of drug-likeness (QED) is 0.857. The van der Waals surface area contributed by atoms with Crippen molar-refractivity contribution in [2.24, 2.45) is 0 Å². The minimum atomic E-state index is 0.125. The summed E-state index contributed by atoms with van der Waals surface area (Å²) in [6.45, 7) is 8.24. The highest BCUT2D eigenvalue weighted by Gasteiger charge is 2.17. The van der Waals surface area contributed by atoms with Crippen molar-refractivity contribution in [1.82, 2.24) is 10.3 Å². The molecule has 110 valence electrons. The minimum Gasteiger partial charge on any atom is -0.312 e. The topological polar surface area (TPSA) is 48.7 Å². The van der Waals surface area contributed by atoms with Crippen molar-refractivity contribution >= 4 is 11.3 Å². The summed E-state index contributed by atoms with van der Waals surface area (Å²) in [5.74, 6) is 0. The van der Waals surface area contributed by atoms with Gasteiger partial charge in [0.25, 0.3) is 0 Å². The fourth-order valence-electron chi connectivity index (χ4n) is 1.95. The van der Waals surface area contributed by atoms with Gasteiger partial charge in [0.1, 0.15) is 0 Å². The van der Waals surface area contributed by atoms with Crippen molar-refractivity contribution in [3.8, 4) is 6.07 Å². The highest BCUT2D eigenvalue weighted by Crippen LogP contribution is 2.23. The average Bonchev–Trinajstić information content (AvgIpc) is 2.93. The number of rotatable bonds is 5. The summed E-state index contributed by atoms with van der Waals surface area (Å²) in [4.78, 5) is 4.69. The maximum Gasteiger partial charge on any atom is 0.0991 e. The van der Waals surface area contributed by atoms with Gasteiger partial charge < -0.3 is 5.32 Å². The van der Waals surface area contributed by atoms with E-state index in [1.165, 1.54) is 10.7 Å². The Morgan fingerprint density at radius 3 is 2.81 bits per heavy atom. The summed E-state index contributed by atoms with van der Waals surface area (Å²) >= 11 is 1.73. The van der Waals surface area contributed by atoms with Crippen LogP contribution in [0, 0.1) is 11.3 Å². The third-order valence-corrected chi connectivity index (χ3v) is 4.13. The molecule has 2 aromatic rings. The molecule has 0 spiro atoms. The fraction of sp³-hybridized carbons (Fsp3) is 0.412. The van der Waals surface area contributed by atoms with Crippen molar-refractivity contribution in [2.75, 3.05) is 6.54 Å². The van der Waals surface area contributed by atoms with E-state index in [9.17, 15) is 0 Å². The van der Waals surface area contributed by atoms with E-state index in [0.717, 1.165) is 25.1 Å². The van der Waals surface area contributed by atoms with Gasteiger partial charge in [-0.05, 0) is 17.7 Å². The van der Waals surface area contributed by atoms with Gasteiger partial charge in [0.05, 0.1) is 22.3 Å². The first-order chi connectivity index (χ1) is 9.99. The molecule has 1 heterocycles. The van der Waals surface area contributed by atoms with E-state index in [4.69, 9.17) is 5.26 Å². The van der Waals surface area contributed by atoms with Crippen LogP contribution >= 0.6 is 11.3 Å². The molecule has 4 heteroatoms. The minimum absolute atomic E-state index is 0.125. The highest BCUT2D eigenvalue weighted by atomic mass is 32.1. The van der Waals surface area contributed by atoms with Crippen LogP contribution in [0.3, 0.4) is 0 Å². The smallest absolute Gasteiger partial charge is 0.0991 e. The predicted octanol–water partition coefficient (Wildman–Crippen LogP) is 3.64. The molecule has 0 saturated heterocycles. The number of nitriles is 1. The van der Waals surface area contributed by atoms with E-state index in [1.807, 2.05) is 24.3 Å². The van der Waals surface area contributed by atoms with Crippen LogP contribution in [0.1, 0.15) is 42.6 Å². The Balaban J connectivity index is 1.79. The Hall–Kier alpha value is -1.70. The van der Waals surface area contributed by atoms with Gasteiger partial charge in [0, 0.05) is 30.3 Å². The van der Waals surface area contributed by atoms with Crippen LogP contribution in [-0.4, -0.2) is 11.5 Å². The maximum absolute atomic E-state index is 8.87. The number of aromatic nitrogens is 1. The molecule has 0 saturated carbocycles. The van der Waals surface area contributed by atoms with Gasteiger partial charge in [-0.2, -0.15) is 5.26 Å². The summed E-state index contributed by atoms with van der Waals surface area (Å²) in [6.07, 6.45) is 0.943. The van der Waals surface area contributed by atoms with E-state index in [0.29, 0.717) is 5.56 Å². The van der Waals surface area contributed by atoms with Crippen molar-refractivity contribution < 1.29 is 0 Å². The molecule has 0 aliphatic carbocycles. The SMILES string of the molecule is CC(C)(C)c1csc(CCNCc2cccc(C#N)c2)n1. The second kappa shape index (κ2) is 6.84. The lowest BCUT2D eigenvalue weighted by Crippen LogP contribution is -2.17. The Labute approximate surface area is 130 Å². The molecule has 0 amide bonds. The van der Waals surface area contributed by atoms with Crippen LogP contribution < -0.4 is 5.32 Å². The first-order valence-electron chi connectivity index (χ1n) is 7.13. The third kappa shape index (κ3) is 4.66. The molecule has 1 aromatic heterocycles. The summed E-state index contributed by atoms with van der Waals surface area (Å²) in [5, 5.41) is 15.6. The molecule has 2 rings (SSSR count). The monoisotopic (exact) mass is 299 g/mol. The summed E-state index contributed by atoms with van der Waals surface area (Å²) in [7, 11) is 0. The van der Waals surface area contributed by atoms with Crippen molar-refractivity contribution in [3.05, 3.63) is 51.5 Å². The zero-order valence-electron chi connectivity index (χ0n) is 12.8. The van der Waals surface area contributed by atoms with Crippen LogP contribution in [0.2, 0.25) is 0 Å². The Kier molecular flexibility index (Phi) is 5.11. The van der Waals surface area contributed by atoms with Crippen molar-refractivity contribution in [1.29, 1.82) is 5.26 Å². The largest absolute Gasteiger partial charge is 0.312 e. The van der Waals surface area contributed by atoms with Gasteiger partial charge in [-0.1, -0.05) is 32.9 Å². The molecule has 0 bridgehead atoms. The lowest BCUT2D eigenvalue weighted by molar-refractivity contribution is 0.569. The van der Waals surface area contributed by atoms with Crippen LogP contribution in [0.4, 0.5) is 0 Å². The van der Waals surface area contributed by atoms with E-state index in [1.54, 1.807) is 11.3 Å². The van der Waals surface area contributed by atoms with Crippen LogP contribution in [0.15, 0.2) is 29.6 Å². The molecule has 0 fully saturated rings. The molecule has 0 unspecified atom stereocenters. The Morgan fingerprint density at radius 2 is 2.14 bits per heavy atom. The Bertz CT molecular complexity index is 632. The molecule has 0 atom stereocenters. The second-order valence-electron chi connectivity index (χ2n) is 6.12. The average molecular weight is 299 g/mol. The summed E-state index contributed by atoms with van der Waals surface area (Å²) in [5.41, 5.74) is 3.15. The van der Waals surface area contributed by atoms with Gasteiger partial charge in [-0.15, -0.1) is 11.3 Å². The molecule has 0 aliphatic rings. The van der Waals surface area contributed by atoms with Gasteiger partial charge in [-0.25, -0.2) is 4.98 Å². The van der Waals surface area contributed by atoms with Crippen molar-refractivity contribution in [2.45, 2.75) is 39.2 Å². The number of nitrogens with zero attached hydrogens (tertiary/aromatic N) is 2. The zero-order chi connectivity index (χ0) is 15.3. The number of thiazole rings is 1. The van der Waals surface area contributed by atoms with E-state index >= 15 is 0 Å². The van der Waals surface area contributed by atoms with E-state index < -0.39 is 0 Å². The predicted molar refractivity (Wildman–Crippen MR) is 87.4 cm³/mol. The summed E-state index contributed by atoms with van der Waals surface area (Å²) < 4.78 is 0. The number of hydrogen-bond donors (Lipinski definition) is 1. The molecule has 21 heavy (non-hydrogen) atoms. The standard InChI is InChI=1S/C17H21N3S/c1-17(2,3)15-12-21-16(20-15)7-8-19-11-14-6-4-5-13(9-14)10-18/h4-6,9,12,19H,7-8,11H2,1-3H3. The fourth-order valence-corrected chi connectivity index (χ4v) is 2.97. The van der Waals surface area contributed by atoms with Gasteiger partial charge in [0.2, 0.25) is 0 Å². The van der Waals surface area contributed by atoms with Crippen LogP contribution in [-0.2, 0) is 18.4 Å². The third-order valence-electron chi connectivity index (χ3n) is 3.22. The highest BCUT2D eigenvalue weighted by molar-refractivity contribution is 7.09. The lowest BCUT2D eigenvalue weighted by atomic mass is 9.93. The number of hydrogen-bond acceptors (Lipinski definition) is 4. The van der Waals surface area contributed by atoms with Crippen molar-refractivity contribution in [3.63, 3.8) is 0 Å². The molecule has 1 N–H and O–H groups in total. The first kappa shape index (κ1) is 15.7. The van der Waals surface area contributed by atoms with Crippen LogP contribution in [0.25, 0.3) is 0 Å². The zero-order valence-corrected chi connectivity index (χ0v) is 13.6. The molecule has 3 nitrogen and oxygen atoms in total. The second-order valence-corrected chi connectivity index (χ2v) is 7.06. The Morgan fingerprint density at radius 1 is 1.33 bits per heavy atom. The van der Waals surface area contributed by atoms with Gasteiger partial charge in [-0.3, -0.25) is 0 Å². The van der Waals surface area contributed by atoms with Crippen LogP contribution in [0.5, 0.6) is 0 Å². The molecular formula is C17H21N3S. The first-order valence-corrected chi connectivity index (χ1v) is 8.01. The normalized spacial score (nSPS) is 11.3. The molecule has 0 aliphatic heterocycles. The van der Waals surface area contributed by atoms with E-state index in [2.05, 4.69) is 42.5 Å². The molecular weight excluding hydrogens is 278 g/mol. The van der Waals surface area contributed by atoms with Gasteiger partial charge >= 0.3 is 0 Å². The molecule has 1 aromatic carbocycles. The number of benzene rings is 1.